The Labute approximate surface area is 213 Å². The van der Waals surface area contributed by atoms with E-state index in [1.807, 2.05) is 44.2 Å². The molecule has 0 saturated heterocycles. The van der Waals surface area contributed by atoms with Gasteiger partial charge in [-0.2, -0.15) is 5.10 Å². The molecule has 0 aliphatic heterocycles. The van der Waals surface area contributed by atoms with Gasteiger partial charge in [0.1, 0.15) is 11.5 Å². The van der Waals surface area contributed by atoms with Crippen LogP contribution in [0.15, 0.2) is 58.0 Å². The second kappa shape index (κ2) is 11.0. The van der Waals surface area contributed by atoms with E-state index in [0.717, 1.165) is 23.2 Å². The van der Waals surface area contributed by atoms with Gasteiger partial charge in [0, 0.05) is 34.8 Å². The van der Waals surface area contributed by atoms with Crippen LogP contribution in [0.25, 0.3) is 0 Å². The maximum atomic E-state index is 13.3. The number of nitrogens with zero attached hydrogens (tertiary/aromatic N) is 2. The Bertz CT molecular complexity index is 1270. The molecule has 0 unspecified atom stereocenters. The smallest absolute Gasteiger partial charge is 0.294 e. The molecule has 2 amide bonds. The summed E-state index contributed by atoms with van der Waals surface area (Å²) >= 11 is 12.0. The normalized spacial score (nSPS) is 13.9. The first kappa shape index (κ1) is 24.8. The number of carbonyl (C=O) groups excluding carboxylic acids is 2. The molecule has 1 N–H and O–H groups in total. The summed E-state index contributed by atoms with van der Waals surface area (Å²) in [5, 5.41) is 5.12. The van der Waals surface area contributed by atoms with E-state index in [9.17, 15) is 9.59 Å². The molecule has 0 spiro atoms. The number of aryl methyl sites for hydroxylation is 1. The molecule has 0 saturated carbocycles. The number of hydrogen-bond acceptors (Lipinski definition) is 5. The summed E-state index contributed by atoms with van der Waals surface area (Å²) in [6.45, 7) is 4.01. The number of hydrazone groups is 1. The summed E-state index contributed by atoms with van der Waals surface area (Å²) in [6.07, 6.45) is 2.16. The van der Waals surface area contributed by atoms with Crippen LogP contribution in [0.3, 0.4) is 0 Å². The van der Waals surface area contributed by atoms with Gasteiger partial charge >= 0.3 is 0 Å². The minimum atomic E-state index is -0.436. The quantitative estimate of drug-likeness (QED) is 0.404. The zero-order valence-electron chi connectivity index (χ0n) is 19.4. The highest BCUT2D eigenvalue weighted by Crippen LogP contribution is 2.31. The third-order valence-corrected chi connectivity index (χ3v) is 6.25. The minimum Gasteiger partial charge on any atom is -0.482 e. The molecule has 1 aliphatic carbocycles. The van der Waals surface area contributed by atoms with Gasteiger partial charge in [0.2, 0.25) is 0 Å². The van der Waals surface area contributed by atoms with Crippen molar-refractivity contribution in [3.05, 3.63) is 81.2 Å². The second-order valence-electron chi connectivity index (χ2n) is 8.05. The van der Waals surface area contributed by atoms with Crippen LogP contribution in [-0.4, -0.2) is 30.7 Å². The van der Waals surface area contributed by atoms with Crippen molar-refractivity contribution in [1.82, 2.24) is 5.43 Å². The molecule has 0 fully saturated rings. The number of nitrogens with one attached hydrogen (secondary N) is 1. The monoisotopic (exact) mass is 513 g/mol. The number of furan rings is 1. The van der Waals surface area contributed by atoms with E-state index in [1.165, 1.54) is 6.07 Å². The summed E-state index contributed by atoms with van der Waals surface area (Å²) in [4.78, 5) is 27.4. The van der Waals surface area contributed by atoms with Crippen LogP contribution >= 0.6 is 23.2 Å². The Morgan fingerprint density at radius 1 is 1.14 bits per heavy atom. The summed E-state index contributed by atoms with van der Waals surface area (Å²) in [7, 11) is 0. The predicted molar refractivity (Wildman–Crippen MR) is 137 cm³/mol. The fraction of sp³-hybridized carbons (Fsp3) is 0.269. The van der Waals surface area contributed by atoms with Crippen molar-refractivity contribution < 1.29 is 18.7 Å². The topological polar surface area (TPSA) is 84.1 Å². The number of ether oxygens (including phenoxy) is 1. The van der Waals surface area contributed by atoms with Crippen LogP contribution in [-0.2, 0) is 11.2 Å². The van der Waals surface area contributed by atoms with E-state index < -0.39 is 5.91 Å². The van der Waals surface area contributed by atoms with Gasteiger partial charge in [0.05, 0.1) is 10.7 Å². The molecule has 35 heavy (non-hydrogen) atoms. The molecule has 1 heterocycles. The maximum Gasteiger partial charge on any atom is 0.294 e. The zero-order valence-corrected chi connectivity index (χ0v) is 20.9. The summed E-state index contributed by atoms with van der Waals surface area (Å²) in [5.41, 5.74) is 5.51. The minimum absolute atomic E-state index is 0.206. The Balaban J connectivity index is 1.49. The summed E-state index contributed by atoms with van der Waals surface area (Å²) in [6, 6.07) is 14.2. The van der Waals surface area contributed by atoms with Gasteiger partial charge in [-0.1, -0.05) is 41.4 Å². The highest BCUT2D eigenvalue weighted by Gasteiger charge is 2.30. The second-order valence-corrected chi connectivity index (χ2v) is 8.89. The van der Waals surface area contributed by atoms with Gasteiger partial charge in [-0.3, -0.25) is 9.59 Å². The number of para-hydroxylation sites is 1. The van der Waals surface area contributed by atoms with E-state index in [2.05, 4.69) is 10.5 Å². The third kappa shape index (κ3) is 5.52. The molecular formula is C26H25Cl2N3O4. The lowest BCUT2D eigenvalue weighted by atomic mass is 9.93. The molecule has 0 atom stereocenters. The Morgan fingerprint density at radius 2 is 1.91 bits per heavy atom. The lowest BCUT2D eigenvalue weighted by Gasteiger charge is -2.20. The van der Waals surface area contributed by atoms with Gasteiger partial charge in [-0.05, 0) is 57.0 Å². The number of benzene rings is 2. The molecule has 0 radical (unpaired) electrons. The van der Waals surface area contributed by atoms with E-state index >= 15 is 0 Å². The number of carbonyl (C=O) groups is 2. The highest BCUT2D eigenvalue weighted by molar-refractivity contribution is 6.35. The molecule has 182 valence electrons. The van der Waals surface area contributed by atoms with Crippen LogP contribution < -0.4 is 15.1 Å². The first-order valence-electron chi connectivity index (χ1n) is 11.3. The molecule has 9 heteroatoms. The molecule has 0 bridgehead atoms. The van der Waals surface area contributed by atoms with Crippen molar-refractivity contribution in [3.63, 3.8) is 0 Å². The van der Waals surface area contributed by atoms with Crippen LogP contribution in [0, 0.1) is 6.92 Å². The lowest BCUT2D eigenvalue weighted by molar-refractivity contribution is -0.123. The summed E-state index contributed by atoms with van der Waals surface area (Å²) in [5.74, 6) is 0.712. The van der Waals surface area contributed by atoms with Gasteiger partial charge in [0.15, 0.2) is 12.4 Å². The van der Waals surface area contributed by atoms with Crippen LogP contribution in [0.4, 0.5) is 5.69 Å². The van der Waals surface area contributed by atoms with Gasteiger partial charge in [-0.15, -0.1) is 0 Å². The first-order chi connectivity index (χ1) is 16.9. The number of fused-ring (bicyclic) bond motifs is 1. The number of halogens is 2. The van der Waals surface area contributed by atoms with Crippen molar-refractivity contribution in [1.29, 1.82) is 0 Å². The van der Waals surface area contributed by atoms with Gasteiger partial charge < -0.3 is 14.1 Å². The van der Waals surface area contributed by atoms with Crippen molar-refractivity contribution in [2.45, 2.75) is 33.1 Å². The van der Waals surface area contributed by atoms with Crippen molar-refractivity contribution in [2.24, 2.45) is 5.10 Å². The first-order valence-corrected chi connectivity index (χ1v) is 12.1. The number of rotatable bonds is 7. The SMILES string of the molecule is CCN(C(=O)c1oc2c(c1C)/C(=N/NC(=O)COc1ccc(Cl)cc1Cl)CCC2)c1ccccc1. The Hall–Kier alpha value is -3.29. The van der Waals surface area contributed by atoms with Crippen molar-refractivity contribution >= 4 is 46.4 Å². The molecule has 3 aromatic rings. The molecule has 7 nitrogen and oxygen atoms in total. The van der Waals surface area contributed by atoms with Gasteiger partial charge in [-0.25, -0.2) is 5.43 Å². The Morgan fingerprint density at radius 3 is 2.63 bits per heavy atom. The van der Waals surface area contributed by atoms with Crippen LogP contribution in [0.2, 0.25) is 10.0 Å². The molecular weight excluding hydrogens is 489 g/mol. The van der Waals surface area contributed by atoms with Crippen molar-refractivity contribution in [2.75, 3.05) is 18.1 Å². The highest BCUT2D eigenvalue weighted by atomic mass is 35.5. The fourth-order valence-electron chi connectivity index (χ4n) is 4.06. The third-order valence-electron chi connectivity index (χ3n) is 5.72. The average Bonchev–Trinajstić information content (AvgIpc) is 3.20. The van der Waals surface area contributed by atoms with E-state index in [-0.39, 0.29) is 12.5 Å². The molecule has 2 aromatic carbocycles. The molecule has 1 aliphatic rings. The summed E-state index contributed by atoms with van der Waals surface area (Å²) < 4.78 is 11.5. The Kier molecular flexibility index (Phi) is 7.78. The van der Waals surface area contributed by atoms with E-state index in [4.69, 9.17) is 32.4 Å². The van der Waals surface area contributed by atoms with Crippen LogP contribution in [0.5, 0.6) is 5.75 Å². The fourth-order valence-corrected chi connectivity index (χ4v) is 4.52. The van der Waals surface area contributed by atoms with Crippen molar-refractivity contribution in [3.8, 4) is 5.75 Å². The predicted octanol–water partition coefficient (Wildman–Crippen LogP) is 5.80. The standard InChI is InChI=1S/C26H25Cl2N3O4/c1-3-31(18-8-5-4-6-9-18)26(33)25-16(2)24-20(10-7-11-22(24)35-25)29-30-23(32)15-34-21-13-12-17(27)14-19(21)28/h4-6,8-9,12-14H,3,7,10-11,15H2,1-2H3,(H,30,32)/b29-20+. The largest absolute Gasteiger partial charge is 0.482 e. The number of anilines is 1. The molecule has 1 aromatic heterocycles. The number of amides is 2. The lowest BCUT2D eigenvalue weighted by Crippen LogP contribution is -2.30. The number of hydrogen-bond donors (Lipinski definition) is 1. The van der Waals surface area contributed by atoms with Crippen LogP contribution in [0.1, 0.15) is 47.2 Å². The van der Waals surface area contributed by atoms with E-state index in [1.54, 1.807) is 17.0 Å². The molecule has 4 rings (SSSR count). The van der Waals surface area contributed by atoms with Gasteiger partial charge in [0.25, 0.3) is 11.8 Å². The average molecular weight is 514 g/mol. The van der Waals surface area contributed by atoms with E-state index in [0.29, 0.717) is 52.4 Å². The maximum absolute atomic E-state index is 13.3. The zero-order chi connectivity index (χ0) is 24.9.